The summed E-state index contributed by atoms with van der Waals surface area (Å²) in [5, 5.41) is 7.11. The molecule has 0 spiro atoms. The highest BCUT2D eigenvalue weighted by molar-refractivity contribution is 5.56. The van der Waals surface area contributed by atoms with Gasteiger partial charge >= 0.3 is 0 Å². The summed E-state index contributed by atoms with van der Waals surface area (Å²) in [6.07, 6.45) is 4.43. The summed E-state index contributed by atoms with van der Waals surface area (Å²) in [6.45, 7) is 4.49. The largest absolute Gasteiger partial charge is 0.260 e. The van der Waals surface area contributed by atoms with Crippen molar-refractivity contribution in [2.45, 2.75) is 26.7 Å². The Morgan fingerprint density at radius 3 is 2.86 bits per heavy atom. The van der Waals surface area contributed by atoms with E-state index in [0.717, 1.165) is 0 Å². The van der Waals surface area contributed by atoms with E-state index in [-0.39, 0.29) is 0 Å². The van der Waals surface area contributed by atoms with Gasteiger partial charge in [0.2, 0.25) is 0 Å². The summed E-state index contributed by atoms with van der Waals surface area (Å²) in [4.78, 5) is 0. The van der Waals surface area contributed by atoms with Gasteiger partial charge in [0, 0.05) is 16.6 Å². The molecule has 0 fully saturated rings. The minimum Gasteiger partial charge on any atom is -0.260 e. The van der Waals surface area contributed by atoms with Gasteiger partial charge < -0.3 is 0 Å². The molecule has 0 saturated heterocycles. The Labute approximate surface area is 85.2 Å². The van der Waals surface area contributed by atoms with Crippen LogP contribution in [0.3, 0.4) is 0 Å². The van der Waals surface area contributed by atoms with Crippen molar-refractivity contribution in [1.82, 2.24) is 5.32 Å². The van der Waals surface area contributed by atoms with Gasteiger partial charge in [0.15, 0.2) is 0 Å². The molecule has 1 atom stereocenters. The highest BCUT2D eigenvalue weighted by atomic mass is 14.9. The van der Waals surface area contributed by atoms with Crippen LogP contribution in [0.4, 0.5) is 0 Å². The minimum absolute atomic E-state index is 0.583. The molecule has 1 aromatic carbocycles. The van der Waals surface area contributed by atoms with E-state index in [1.165, 1.54) is 29.0 Å². The zero-order chi connectivity index (χ0) is 9.97. The molecule has 1 aliphatic rings. The highest BCUT2D eigenvalue weighted by Gasteiger charge is 2.12. The average Bonchev–Trinajstić information content (AvgIpc) is 2.61. The SMILES string of the molecule is CCCC(C)C1=c2ccccc2=C[N]1. The van der Waals surface area contributed by atoms with Gasteiger partial charge in [0.1, 0.15) is 0 Å². The summed E-state index contributed by atoms with van der Waals surface area (Å²) in [6, 6.07) is 8.46. The molecule has 0 bridgehead atoms. The molecule has 1 heterocycles. The molecule has 0 amide bonds. The molecule has 1 unspecified atom stereocenters. The molecular formula is C13H16N. The lowest BCUT2D eigenvalue weighted by molar-refractivity contribution is 0.631. The van der Waals surface area contributed by atoms with Crippen LogP contribution in [0.25, 0.3) is 11.9 Å². The first kappa shape index (κ1) is 9.32. The van der Waals surface area contributed by atoms with Gasteiger partial charge in [-0.2, -0.15) is 0 Å². The first-order valence-corrected chi connectivity index (χ1v) is 5.33. The third-order valence-corrected chi connectivity index (χ3v) is 2.77. The summed E-state index contributed by atoms with van der Waals surface area (Å²) in [7, 11) is 0. The normalized spacial score (nSPS) is 15.7. The highest BCUT2D eigenvalue weighted by Crippen LogP contribution is 2.15. The van der Waals surface area contributed by atoms with E-state index in [1.807, 2.05) is 6.20 Å². The summed E-state index contributed by atoms with van der Waals surface area (Å²) in [5.74, 6) is 0.583. The first-order valence-electron chi connectivity index (χ1n) is 5.33. The van der Waals surface area contributed by atoms with E-state index in [0.29, 0.717) is 5.92 Å². The fourth-order valence-electron chi connectivity index (χ4n) is 2.01. The summed E-state index contributed by atoms with van der Waals surface area (Å²) in [5.41, 5.74) is 1.27. The lowest BCUT2D eigenvalue weighted by Crippen LogP contribution is -2.24. The van der Waals surface area contributed by atoms with Gasteiger partial charge in [0.05, 0.1) is 5.70 Å². The lowest BCUT2D eigenvalue weighted by Gasteiger charge is -2.10. The molecule has 73 valence electrons. The standard InChI is InChI=1S/C13H16N/c1-3-6-10(2)13-12-8-5-4-7-11(12)9-14-13/h4-5,7-10H,3,6H2,1-2H3. The molecule has 0 aliphatic carbocycles. The van der Waals surface area contributed by atoms with Gasteiger partial charge in [-0.1, -0.05) is 44.5 Å². The number of rotatable bonds is 3. The number of fused-ring (bicyclic) bond motifs is 1. The zero-order valence-corrected chi connectivity index (χ0v) is 8.83. The number of nitrogens with zero attached hydrogens (tertiary/aromatic N) is 1. The Morgan fingerprint density at radius 2 is 2.07 bits per heavy atom. The van der Waals surface area contributed by atoms with Gasteiger partial charge in [-0.05, 0) is 12.3 Å². The Kier molecular flexibility index (Phi) is 2.58. The molecule has 1 radical (unpaired) electrons. The summed E-state index contributed by atoms with van der Waals surface area (Å²) >= 11 is 0. The Balaban J connectivity index is 2.44. The molecule has 1 aromatic rings. The van der Waals surface area contributed by atoms with Crippen LogP contribution in [0, 0.1) is 5.92 Å². The van der Waals surface area contributed by atoms with Crippen molar-refractivity contribution in [2.75, 3.05) is 0 Å². The molecule has 0 N–H and O–H groups in total. The molecule has 14 heavy (non-hydrogen) atoms. The van der Waals surface area contributed by atoms with Crippen LogP contribution in [0.15, 0.2) is 24.3 Å². The van der Waals surface area contributed by atoms with Gasteiger partial charge in [-0.15, -0.1) is 0 Å². The second-order valence-corrected chi connectivity index (χ2v) is 3.92. The zero-order valence-electron chi connectivity index (χ0n) is 8.83. The van der Waals surface area contributed by atoms with Crippen LogP contribution in [0.1, 0.15) is 26.7 Å². The van der Waals surface area contributed by atoms with Crippen molar-refractivity contribution in [1.29, 1.82) is 0 Å². The molecular weight excluding hydrogens is 170 g/mol. The van der Waals surface area contributed by atoms with Crippen molar-refractivity contribution >= 4 is 11.9 Å². The fourth-order valence-corrected chi connectivity index (χ4v) is 2.01. The molecule has 0 aromatic heterocycles. The molecule has 0 saturated carbocycles. The maximum absolute atomic E-state index is 4.51. The second kappa shape index (κ2) is 3.87. The van der Waals surface area contributed by atoms with Crippen LogP contribution in [-0.2, 0) is 0 Å². The first-order chi connectivity index (χ1) is 6.83. The van der Waals surface area contributed by atoms with Gasteiger partial charge in [0.25, 0.3) is 0 Å². The van der Waals surface area contributed by atoms with Crippen LogP contribution >= 0.6 is 0 Å². The quantitative estimate of drug-likeness (QED) is 0.680. The van der Waals surface area contributed by atoms with Gasteiger partial charge in [-0.25, -0.2) is 0 Å². The van der Waals surface area contributed by atoms with Crippen LogP contribution in [0.2, 0.25) is 0 Å². The van der Waals surface area contributed by atoms with Crippen molar-refractivity contribution in [3.63, 3.8) is 0 Å². The minimum atomic E-state index is 0.583. The van der Waals surface area contributed by atoms with E-state index in [2.05, 4.69) is 43.4 Å². The third kappa shape index (κ3) is 1.54. The third-order valence-electron chi connectivity index (χ3n) is 2.77. The fraction of sp³-hybridized carbons (Fsp3) is 0.385. The molecule has 1 heteroatoms. The van der Waals surface area contributed by atoms with Crippen molar-refractivity contribution in [2.24, 2.45) is 5.92 Å². The van der Waals surface area contributed by atoms with Crippen molar-refractivity contribution in [3.05, 3.63) is 34.7 Å². The topological polar surface area (TPSA) is 14.1 Å². The molecule has 1 aliphatic heterocycles. The summed E-state index contributed by atoms with van der Waals surface area (Å²) < 4.78 is 0. The monoisotopic (exact) mass is 186 g/mol. The van der Waals surface area contributed by atoms with Crippen molar-refractivity contribution in [3.8, 4) is 0 Å². The van der Waals surface area contributed by atoms with Crippen LogP contribution in [-0.4, -0.2) is 0 Å². The predicted molar refractivity (Wildman–Crippen MR) is 59.8 cm³/mol. The lowest BCUT2D eigenvalue weighted by atomic mass is 10.0. The Hall–Kier alpha value is -1.24. The smallest absolute Gasteiger partial charge is 0.0510 e. The van der Waals surface area contributed by atoms with Crippen LogP contribution < -0.4 is 15.8 Å². The Morgan fingerprint density at radius 1 is 1.29 bits per heavy atom. The predicted octanol–water partition coefficient (Wildman–Crippen LogP) is 1.59. The van der Waals surface area contributed by atoms with E-state index in [1.54, 1.807) is 0 Å². The van der Waals surface area contributed by atoms with Crippen LogP contribution in [0.5, 0.6) is 0 Å². The Bertz CT molecular complexity index is 431. The maximum atomic E-state index is 4.51. The molecule has 1 nitrogen and oxygen atoms in total. The van der Waals surface area contributed by atoms with Crippen molar-refractivity contribution < 1.29 is 0 Å². The van der Waals surface area contributed by atoms with E-state index < -0.39 is 0 Å². The number of hydrogen-bond donors (Lipinski definition) is 0. The average molecular weight is 186 g/mol. The van der Waals surface area contributed by atoms with E-state index in [9.17, 15) is 0 Å². The second-order valence-electron chi connectivity index (χ2n) is 3.92. The number of benzene rings is 1. The number of hydrogen-bond acceptors (Lipinski definition) is 0. The van der Waals surface area contributed by atoms with Gasteiger partial charge in [-0.3, -0.25) is 5.32 Å². The van der Waals surface area contributed by atoms with E-state index >= 15 is 0 Å². The van der Waals surface area contributed by atoms with E-state index in [4.69, 9.17) is 0 Å². The maximum Gasteiger partial charge on any atom is 0.0510 e. The molecule has 2 rings (SSSR count).